The SMILES string of the molecule is CC(CN(C(=O)c1cc(Cl)ccc1Br)C1CC1)C(=O)O. The average molecular weight is 361 g/mol. The summed E-state index contributed by atoms with van der Waals surface area (Å²) in [5.74, 6) is -1.65. The highest BCUT2D eigenvalue weighted by atomic mass is 79.9. The Bertz CT molecular complexity index is 545. The molecule has 0 spiro atoms. The van der Waals surface area contributed by atoms with E-state index in [0.717, 1.165) is 12.8 Å². The van der Waals surface area contributed by atoms with Crippen LogP contribution in [0, 0.1) is 5.92 Å². The van der Waals surface area contributed by atoms with Gasteiger partial charge in [0.25, 0.3) is 5.91 Å². The second-order valence-corrected chi connectivity index (χ2v) is 6.34. The van der Waals surface area contributed by atoms with Gasteiger partial charge in [0.05, 0.1) is 11.5 Å². The molecule has 1 aromatic rings. The fraction of sp³-hybridized carbons (Fsp3) is 0.429. The number of carboxylic acids is 1. The first-order chi connectivity index (χ1) is 9.40. The Balaban J connectivity index is 2.23. The van der Waals surface area contributed by atoms with Crippen molar-refractivity contribution in [3.8, 4) is 0 Å². The van der Waals surface area contributed by atoms with Gasteiger partial charge in [0.1, 0.15) is 0 Å². The van der Waals surface area contributed by atoms with E-state index in [1.807, 2.05) is 0 Å². The summed E-state index contributed by atoms with van der Waals surface area (Å²) in [5, 5.41) is 9.50. The summed E-state index contributed by atoms with van der Waals surface area (Å²) in [5.41, 5.74) is 0.474. The van der Waals surface area contributed by atoms with Gasteiger partial charge in [0, 0.05) is 22.1 Å². The zero-order valence-corrected chi connectivity index (χ0v) is 13.3. The lowest BCUT2D eigenvalue weighted by Crippen LogP contribution is -2.38. The van der Waals surface area contributed by atoms with E-state index in [9.17, 15) is 9.59 Å². The molecular formula is C14H15BrClNO3. The second kappa shape index (κ2) is 6.14. The summed E-state index contributed by atoms with van der Waals surface area (Å²) in [6.45, 7) is 1.83. The van der Waals surface area contributed by atoms with Crippen molar-refractivity contribution < 1.29 is 14.7 Å². The van der Waals surface area contributed by atoms with Crippen LogP contribution in [0.15, 0.2) is 22.7 Å². The Kier molecular flexibility index (Phi) is 4.70. The van der Waals surface area contributed by atoms with Crippen LogP contribution in [0.3, 0.4) is 0 Å². The number of carbonyl (C=O) groups excluding carboxylic acids is 1. The second-order valence-electron chi connectivity index (χ2n) is 5.05. The van der Waals surface area contributed by atoms with Gasteiger partial charge in [0.2, 0.25) is 0 Å². The predicted molar refractivity (Wildman–Crippen MR) is 80.0 cm³/mol. The Labute approximate surface area is 130 Å². The molecule has 1 N–H and O–H groups in total. The predicted octanol–water partition coefficient (Wildman–Crippen LogP) is 3.43. The molecule has 0 bridgehead atoms. The van der Waals surface area contributed by atoms with Gasteiger partial charge in [-0.05, 0) is 47.0 Å². The molecule has 0 aliphatic heterocycles. The van der Waals surface area contributed by atoms with E-state index < -0.39 is 11.9 Å². The fourth-order valence-corrected chi connectivity index (χ4v) is 2.56. The molecule has 0 heterocycles. The van der Waals surface area contributed by atoms with Crippen LogP contribution in [-0.2, 0) is 4.79 Å². The Morgan fingerprint density at radius 2 is 2.15 bits per heavy atom. The maximum atomic E-state index is 12.6. The summed E-state index contributed by atoms with van der Waals surface area (Å²) >= 11 is 9.27. The largest absolute Gasteiger partial charge is 0.481 e. The van der Waals surface area contributed by atoms with Crippen LogP contribution in [0.25, 0.3) is 0 Å². The van der Waals surface area contributed by atoms with Crippen LogP contribution >= 0.6 is 27.5 Å². The zero-order valence-electron chi connectivity index (χ0n) is 11.0. The van der Waals surface area contributed by atoms with Gasteiger partial charge in [-0.1, -0.05) is 18.5 Å². The molecule has 1 amide bonds. The highest BCUT2D eigenvalue weighted by Gasteiger charge is 2.35. The van der Waals surface area contributed by atoms with E-state index >= 15 is 0 Å². The van der Waals surface area contributed by atoms with E-state index in [1.165, 1.54) is 0 Å². The minimum atomic E-state index is -0.895. The molecular weight excluding hydrogens is 346 g/mol. The molecule has 4 nitrogen and oxygen atoms in total. The van der Waals surface area contributed by atoms with Crippen LogP contribution in [0.1, 0.15) is 30.1 Å². The topological polar surface area (TPSA) is 57.6 Å². The maximum absolute atomic E-state index is 12.6. The van der Waals surface area contributed by atoms with Crippen molar-refractivity contribution >= 4 is 39.4 Å². The first-order valence-corrected chi connectivity index (χ1v) is 7.56. The van der Waals surface area contributed by atoms with Crippen molar-refractivity contribution in [1.82, 2.24) is 4.90 Å². The van der Waals surface area contributed by atoms with Crippen LogP contribution in [-0.4, -0.2) is 34.5 Å². The Morgan fingerprint density at radius 1 is 1.50 bits per heavy atom. The van der Waals surface area contributed by atoms with Gasteiger partial charge in [-0.2, -0.15) is 0 Å². The molecule has 2 rings (SSSR count). The average Bonchev–Trinajstić information content (AvgIpc) is 3.22. The third kappa shape index (κ3) is 3.52. The van der Waals surface area contributed by atoms with Gasteiger partial charge in [-0.3, -0.25) is 9.59 Å². The zero-order chi connectivity index (χ0) is 14.9. The number of rotatable bonds is 5. The molecule has 1 unspecified atom stereocenters. The molecule has 1 aliphatic rings. The smallest absolute Gasteiger partial charge is 0.308 e. The summed E-state index contributed by atoms with van der Waals surface area (Å²) in [7, 11) is 0. The monoisotopic (exact) mass is 359 g/mol. The third-order valence-electron chi connectivity index (χ3n) is 3.30. The summed E-state index contributed by atoms with van der Waals surface area (Å²) in [6.07, 6.45) is 1.85. The van der Waals surface area contributed by atoms with E-state index in [-0.39, 0.29) is 18.5 Å². The number of carbonyl (C=O) groups is 2. The minimum absolute atomic E-state index is 0.148. The van der Waals surface area contributed by atoms with Crippen LogP contribution in [0.5, 0.6) is 0 Å². The van der Waals surface area contributed by atoms with Gasteiger partial charge < -0.3 is 10.0 Å². The van der Waals surface area contributed by atoms with Gasteiger partial charge >= 0.3 is 5.97 Å². The van der Waals surface area contributed by atoms with E-state index in [2.05, 4.69) is 15.9 Å². The van der Waals surface area contributed by atoms with E-state index in [0.29, 0.717) is 15.1 Å². The van der Waals surface area contributed by atoms with Crippen LogP contribution in [0.2, 0.25) is 5.02 Å². The molecule has 0 aromatic heterocycles. The number of hydrogen-bond acceptors (Lipinski definition) is 2. The number of amides is 1. The number of carboxylic acid groups (broad SMARTS) is 1. The molecule has 0 saturated heterocycles. The van der Waals surface area contributed by atoms with Crippen LogP contribution < -0.4 is 0 Å². The molecule has 1 aliphatic carbocycles. The molecule has 20 heavy (non-hydrogen) atoms. The molecule has 1 aromatic carbocycles. The van der Waals surface area contributed by atoms with Crippen molar-refractivity contribution in [2.75, 3.05) is 6.54 Å². The standard InChI is InChI=1S/C14H15BrClNO3/c1-8(14(19)20)7-17(10-3-4-10)13(18)11-6-9(16)2-5-12(11)15/h2,5-6,8,10H,3-4,7H2,1H3,(H,19,20). The molecule has 1 atom stereocenters. The third-order valence-corrected chi connectivity index (χ3v) is 4.23. The molecule has 1 saturated carbocycles. The fourth-order valence-electron chi connectivity index (χ4n) is 1.97. The molecule has 108 valence electrons. The quantitative estimate of drug-likeness (QED) is 0.875. The first kappa shape index (κ1) is 15.3. The van der Waals surface area contributed by atoms with E-state index in [4.69, 9.17) is 16.7 Å². The highest BCUT2D eigenvalue weighted by molar-refractivity contribution is 9.10. The molecule has 0 radical (unpaired) electrons. The van der Waals surface area contributed by atoms with Crippen LogP contribution in [0.4, 0.5) is 0 Å². The molecule has 6 heteroatoms. The normalized spacial score (nSPS) is 15.8. The summed E-state index contributed by atoms with van der Waals surface area (Å²) < 4.78 is 0.667. The lowest BCUT2D eigenvalue weighted by molar-refractivity contribution is -0.141. The number of nitrogens with zero attached hydrogens (tertiary/aromatic N) is 1. The van der Waals surface area contributed by atoms with Gasteiger partial charge in [-0.25, -0.2) is 0 Å². The van der Waals surface area contributed by atoms with Crippen molar-refractivity contribution in [2.24, 2.45) is 5.92 Å². The van der Waals surface area contributed by atoms with E-state index in [1.54, 1.807) is 30.0 Å². The van der Waals surface area contributed by atoms with Crippen molar-refractivity contribution in [3.05, 3.63) is 33.3 Å². The lowest BCUT2D eigenvalue weighted by Gasteiger charge is -2.25. The van der Waals surface area contributed by atoms with Crippen molar-refractivity contribution in [3.63, 3.8) is 0 Å². The van der Waals surface area contributed by atoms with Crippen molar-refractivity contribution in [2.45, 2.75) is 25.8 Å². The summed E-state index contributed by atoms with van der Waals surface area (Å²) in [4.78, 5) is 25.2. The van der Waals surface area contributed by atoms with Gasteiger partial charge in [0.15, 0.2) is 0 Å². The van der Waals surface area contributed by atoms with Gasteiger partial charge in [-0.15, -0.1) is 0 Å². The first-order valence-electron chi connectivity index (χ1n) is 6.39. The number of benzene rings is 1. The minimum Gasteiger partial charge on any atom is -0.481 e. The number of halogens is 2. The molecule has 1 fully saturated rings. The lowest BCUT2D eigenvalue weighted by atomic mass is 10.1. The Hall–Kier alpha value is -1.07. The Morgan fingerprint density at radius 3 is 2.70 bits per heavy atom. The number of aliphatic carboxylic acids is 1. The summed E-state index contributed by atoms with van der Waals surface area (Å²) in [6, 6.07) is 5.18. The maximum Gasteiger partial charge on any atom is 0.308 e. The number of hydrogen-bond donors (Lipinski definition) is 1. The van der Waals surface area contributed by atoms with Crippen molar-refractivity contribution in [1.29, 1.82) is 0 Å². The highest BCUT2D eigenvalue weighted by Crippen LogP contribution is 2.31.